The van der Waals surface area contributed by atoms with Crippen molar-refractivity contribution in [2.75, 3.05) is 0 Å². The van der Waals surface area contributed by atoms with E-state index < -0.39 is 23.3 Å². The molecule has 0 saturated heterocycles. The number of rotatable bonds is 6. The summed E-state index contributed by atoms with van der Waals surface area (Å²) < 4.78 is 6.60. The number of hydrogen-bond donors (Lipinski definition) is 2. The first-order valence-electron chi connectivity index (χ1n) is 9.47. The minimum atomic E-state index is -0.972. The molecule has 30 heavy (non-hydrogen) atoms. The molecule has 4 aromatic rings. The summed E-state index contributed by atoms with van der Waals surface area (Å²) in [5.74, 6) is -0.926. The van der Waals surface area contributed by atoms with Crippen molar-refractivity contribution in [3.05, 3.63) is 81.1 Å². The van der Waals surface area contributed by atoms with Crippen LogP contribution in [0.15, 0.2) is 64.3 Å². The van der Waals surface area contributed by atoms with Gasteiger partial charge in [-0.1, -0.05) is 30.3 Å². The molecule has 0 radical (unpaired) electrons. The average molecular weight is 405 g/mol. The number of aromatic amines is 2. The first kappa shape index (κ1) is 19.4. The quantitative estimate of drug-likeness (QED) is 0.378. The first-order chi connectivity index (χ1) is 14.5. The van der Waals surface area contributed by atoms with Crippen LogP contribution < -0.4 is 11.2 Å². The van der Waals surface area contributed by atoms with Crippen LogP contribution in [0, 0.1) is 0 Å². The predicted octanol–water partition coefficient (Wildman–Crippen LogP) is 2.38. The zero-order chi connectivity index (χ0) is 21.3. The van der Waals surface area contributed by atoms with E-state index >= 15 is 0 Å². The topological polar surface area (TPSA) is 114 Å². The smallest absolute Gasteiger partial charge is 0.328 e. The highest BCUT2D eigenvalue weighted by atomic mass is 16.5. The maximum absolute atomic E-state index is 12.7. The number of nitrogens with one attached hydrogen (secondary N) is 2. The lowest BCUT2D eigenvalue weighted by Gasteiger charge is -2.13. The molecule has 2 aromatic heterocycles. The number of ether oxygens (including phenoxy) is 1. The molecule has 2 heterocycles. The van der Waals surface area contributed by atoms with E-state index in [9.17, 15) is 19.2 Å². The number of H-pyrrole nitrogens is 2. The van der Waals surface area contributed by atoms with Gasteiger partial charge in [0, 0.05) is 29.2 Å². The molecule has 0 unspecified atom stereocenters. The van der Waals surface area contributed by atoms with Crippen molar-refractivity contribution in [3.8, 4) is 0 Å². The maximum atomic E-state index is 12.7. The van der Waals surface area contributed by atoms with Crippen LogP contribution >= 0.6 is 0 Å². The number of Topliss-reactive ketones (excluding diaryl/α,β-unsaturated/α-hetero) is 1. The van der Waals surface area contributed by atoms with Gasteiger partial charge in [-0.15, -0.1) is 0 Å². The lowest BCUT2D eigenvalue weighted by Crippen LogP contribution is -2.31. The van der Waals surface area contributed by atoms with E-state index in [1.165, 1.54) is 11.5 Å². The van der Waals surface area contributed by atoms with Gasteiger partial charge in [0.2, 0.25) is 5.78 Å². The largest absolute Gasteiger partial charge is 0.454 e. The molecule has 0 aliphatic rings. The molecule has 2 aromatic carbocycles. The third-order valence-electron chi connectivity index (χ3n) is 4.98. The molecule has 1 atom stereocenters. The molecule has 0 aliphatic heterocycles. The van der Waals surface area contributed by atoms with E-state index in [4.69, 9.17) is 4.74 Å². The van der Waals surface area contributed by atoms with Crippen molar-refractivity contribution in [1.82, 2.24) is 14.5 Å². The number of benzene rings is 2. The van der Waals surface area contributed by atoms with Gasteiger partial charge in [-0.3, -0.25) is 23.9 Å². The summed E-state index contributed by atoms with van der Waals surface area (Å²) in [6.45, 7) is 1.53. The minimum absolute atomic E-state index is 0.0168. The van der Waals surface area contributed by atoms with Gasteiger partial charge in [-0.2, -0.15) is 0 Å². The molecule has 0 fully saturated rings. The SMILES string of the molecule is C[C@H](OC(=O)CCn1c(=O)[nH]c(=O)c2ccccc21)C(=O)c1c[nH]c2ccccc12. The van der Waals surface area contributed by atoms with Crippen molar-refractivity contribution in [2.45, 2.75) is 26.0 Å². The number of carbonyl (C=O) groups excluding carboxylic acids is 2. The lowest BCUT2D eigenvalue weighted by atomic mass is 10.1. The highest BCUT2D eigenvalue weighted by Crippen LogP contribution is 2.20. The van der Waals surface area contributed by atoms with Crippen molar-refractivity contribution in [1.29, 1.82) is 0 Å². The van der Waals surface area contributed by atoms with Gasteiger partial charge in [0.1, 0.15) is 0 Å². The Kier molecular flexibility index (Phi) is 5.05. The molecule has 8 heteroatoms. The second-order valence-corrected chi connectivity index (χ2v) is 6.92. The molecule has 0 saturated carbocycles. The van der Waals surface area contributed by atoms with E-state index in [1.54, 1.807) is 30.5 Å². The highest BCUT2D eigenvalue weighted by Gasteiger charge is 2.22. The monoisotopic (exact) mass is 405 g/mol. The number of nitrogens with zero attached hydrogens (tertiary/aromatic N) is 1. The number of carbonyl (C=O) groups is 2. The lowest BCUT2D eigenvalue weighted by molar-refractivity contribution is -0.146. The summed E-state index contributed by atoms with van der Waals surface area (Å²) >= 11 is 0. The minimum Gasteiger partial charge on any atom is -0.454 e. The van der Waals surface area contributed by atoms with Crippen LogP contribution in [-0.4, -0.2) is 32.4 Å². The van der Waals surface area contributed by atoms with Crippen LogP contribution in [0.4, 0.5) is 0 Å². The standard InChI is InChI=1S/C22H19N3O5/c1-13(20(27)16-12-23-17-8-4-2-6-14(16)17)30-19(26)10-11-25-18-9-5-3-7-15(18)21(28)24-22(25)29/h2-9,12-13,23H,10-11H2,1H3,(H,24,28,29)/t13-/m0/s1. The average Bonchev–Trinajstić information content (AvgIpc) is 3.17. The number of hydrogen-bond acceptors (Lipinski definition) is 5. The summed E-state index contributed by atoms with van der Waals surface area (Å²) in [4.78, 5) is 54.4. The number of ketones is 1. The molecule has 8 nitrogen and oxygen atoms in total. The highest BCUT2D eigenvalue weighted by molar-refractivity contribution is 6.10. The van der Waals surface area contributed by atoms with E-state index in [1.807, 2.05) is 24.3 Å². The van der Waals surface area contributed by atoms with Crippen molar-refractivity contribution in [3.63, 3.8) is 0 Å². The Morgan fingerprint density at radius 3 is 2.53 bits per heavy atom. The van der Waals surface area contributed by atoms with Gasteiger partial charge in [-0.05, 0) is 25.1 Å². The van der Waals surface area contributed by atoms with E-state index in [-0.39, 0.29) is 18.7 Å². The number of aryl methyl sites for hydroxylation is 1. The molecular weight excluding hydrogens is 386 g/mol. The predicted molar refractivity (Wildman–Crippen MR) is 112 cm³/mol. The van der Waals surface area contributed by atoms with E-state index in [0.29, 0.717) is 16.5 Å². The summed E-state index contributed by atoms with van der Waals surface area (Å²) in [6.07, 6.45) is 0.505. The fourth-order valence-corrected chi connectivity index (χ4v) is 3.47. The molecular formula is C22H19N3O5. The summed E-state index contributed by atoms with van der Waals surface area (Å²) in [5.41, 5.74) is 0.626. The Balaban J connectivity index is 1.47. The van der Waals surface area contributed by atoms with Gasteiger partial charge < -0.3 is 9.72 Å². The first-order valence-corrected chi connectivity index (χ1v) is 9.47. The van der Waals surface area contributed by atoms with Crippen LogP contribution in [-0.2, 0) is 16.1 Å². The number of fused-ring (bicyclic) bond motifs is 2. The number of aromatic nitrogens is 3. The number of esters is 1. The van der Waals surface area contributed by atoms with E-state index in [2.05, 4.69) is 9.97 Å². The fourth-order valence-electron chi connectivity index (χ4n) is 3.47. The third kappa shape index (κ3) is 3.55. The molecule has 0 aliphatic carbocycles. The van der Waals surface area contributed by atoms with Crippen LogP contribution in [0.5, 0.6) is 0 Å². The third-order valence-corrected chi connectivity index (χ3v) is 4.98. The Labute approximate surface area is 170 Å². The van der Waals surface area contributed by atoms with Gasteiger partial charge in [0.15, 0.2) is 6.10 Å². The molecule has 0 bridgehead atoms. The Hall–Kier alpha value is -3.94. The molecule has 2 N–H and O–H groups in total. The summed E-state index contributed by atoms with van der Waals surface area (Å²) in [6, 6.07) is 14.0. The maximum Gasteiger partial charge on any atom is 0.328 e. The molecule has 4 rings (SSSR count). The van der Waals surface area contributed by atoms with Gasteiger partial charge >= 0.3 is 11.7 Å². The molecule has 0 amide bonds. The van der Waals surface area contributed by atoms with Crippen molar-refractivity contribution in [2.24, 2.45) is 0 Å². The van der Waals surface area contributed by atoms with Crippen molar-refractivity contribution < 1.29 is 14.3 Å². The van der Waals surface area contributed by atoms with Gasteiger partial charge in [0.25, 0.3) is 5.56 Å². The van der Waals surface area contributed by atoms with Crippen LogP contribution in [0.2, 0.25) is 0 Å². The van der Waals surface area contributed by atoms with Crippen molar-refractivity contribution >= 4 is 33.6 Å². The second-order valence-electron chi connectivity index (χ2n) is 6.92. The number of para-hydroxylation sites is 2. The van der Waals surface area contributed by atoms with Crippen LogP contribution in [0.1, 0.15) is 23.7 Å². The second kappa shape index (κ2) is 7.82. The molecule has 0 spiro atoms. The van der Waals surface area contributed by atoms with Gasteiger partial charge in [-0.25, -0.2) is 4.79 Å². The van der Waals surface area contributed by atoms with Gasteiger partial charge in [0.05, 0.1) is 17.3 Å². The summed E-state index contributed by atoms with van der Waals surface area (Å²) in [7, 11) is 0. The van der Waals surface area contributed by atoms with Crippen LogP contribution in [0.25, 0.3) is 21.8 Å². The van der Waals surface area contributed by atoms with E-state index in [0.717, 1.165) is 10.9 Å². The van der Waals surface area contributed by atoms with Crippen LogP contribution in [0.3, 0.4) is 0 Å². The fraction of sp³-hybridized carbons (Fsp3) is 0.182. The Morgan fingerprint density at radius 2 is 1.73 bits per heavy atom. The summed E-state index contributed by atoms with van der Waals surface area (Å²) in [5, 5.41) is 1.12. The Bertz CT molecular complexity index is 1380. The molecule has 152 valence electrons. The zero-order valence-electron chi connectivity index (χ0n) is 16.2. The normalized spacial score (nSPS) is 12.2. The Morgan fingerprint density at radius 1 is 1.03 bits per heavy atom. The zero-order valence-corrected chi connectivity index (χ0v) is 16.2.